The van der Waals surface area contributed by atoms with Gasteiger partial charge in [0.25, 0.3) is 0 Å². The van der Waals surface area contributed by atoms with Gasteiger partial charge in [0, 0.05) is 24.7 Å². The van der Waals surface area contributed by atoms with Crippen molar-refractivity contribution in [2.24, 2.45) is 5.92 Å². The first-order valence-electron chi connectivity index (χ1n) is 9.77. The zero-order valence-electron chi connectivity index (χ0n) is 15.1. The highest BCUT2D eigenvalue weighted by atomic mass is 16.7. The summed E-state index contributed by atoms with van der Waals surface area (Å²) in [6.07, 6.45) is 4.28. The zero-order chi connectivity index (χ0) is 18.0. The molecule has 3 atom stereocenters. The second kappa shape index (κ2) is 5.73. The molecule has 2 bridgehead atoms. The van der Waals surface area contributed by atoms with Gasteiger partial charge in [0.2, 0.25) is 12.7 Å². The lowest BCUT2D eigenvalue weighted by Crippen LogP contribution is -2.60. The number of piperidine rings is 3. The third-order valence-corrected chi connectivity index (χ3v) is 6.74. The Morgan fingerprint density at radius 2 is 1.89 bits per heavy atom. The molecule has 27 heavy (non-hydrogen) atoms. The molecule has 2 aromatic rings. The Kier molecular flexibility index (Phi) is 3.29. The number of nitrogens with zero attached hydrogens (tertiary/aromatic N) is 4. The van der Waals surface area contributed by atoms with E-state index in [1.165, 1.54) is 31.5 Å². The van der Waals surface area contributed by atoms with Gasteiger partial charge in [0.05, 0.1) is 6.04 Å². The van der Waals surface area contributed by atoms with E-state index in [0.29, 0.717) is 36.5 Å². The molecular formula is C20H23N5O2. The Hall–Kier alpha value is -2.54. The van der Waals surface area contributed by atoms with E-state index in [4.69, 9.17) is 15.2 Å². The van der Waals surface area contributed by atoms with E-state index in [2.05, 4.69) is 31.9 Å². The van der Waals surface area contributed by atoms with Gasteiger partial charge in [0.1, 0.15) is 5.82 Å². The number of nitrogen functional groups attached to an aromatic ring is 1. The van der Waals surface area contributed by atoms with Gasteiger partial charge in [-0.15, -0.1) is 0 Å². The van der Waals surface area contributed by atoms with E-state index in [9.17, 15) is 0 Å². The Labute approximate surface area is 158 Å². The summed E-state index contributed by atoms with van der Waals surface area (Å²) in [7, 11) is 0. The zero-order valence-corrected chi connectivity index (χ0v) is 15.1. The fourth-order valence-electron chi connectivity index (χ4n) is 5.59. The first-order chi connectivity index (χ1) is 13.3. The molecule has 5 aliphatic rings. The van der Waals surface area contributed by atoms with E-state index in [1.54, 1.807) is 12.3 Å². The van der Waals surface area contributed by atoms with Crippen LogP contribution in [0.4, 0.5) is 11.8 Å². The number of nitrogens with two attached hydrogens (primary N) is 1. The predicted octanol–water partition coefficient (Wildman–Crippen LogP) is 1.85. The quantitative estimate of drug-likeness (QED) is 0.870. The first-order valence-corrected chi connectivity index (χ1v) is 9.77. The van der Waals surface area contributed by atoms with Crippen LogP contribution >= 0.6 is 0 Å². The number of hydrogen-bond acceptors (Lipinski definition) is 7. The number of anilines is 2. The average Bonchev–Trinajstić information content (AvgIpc) is 3.34. The molecule has 6 heterocycles. The van der Waals surface area contributed by atoms with Crippen LogP contribution in [0.15, 0.2) is 30.5 Å². The van der Waals surface area contributed by atoms with E-state index in [0.717, 1.165) is 24.0 Å². The number of aromatic nitrogens is 2. The lowest BCUT2D eigenvalue weighted by molar-refractivity contribution is 0.0353. The van der Waals surface area contributed by atoms with Crippen LogP contribution in [0.2, 0.25) is 0 Å². The molecule has 0 spiro atoms. The highest BCUT2D eigenvalue weighted by molar-refractivity contribution is 5.49. The maximum absolute atomic E-state index is 5.96. The van der Waals surface area contributed by atoms with Crippen LogP contribution in [-0.4, -0.2) is 53.4 Å². The third kappa shape index (κ3) is 2.31. The molecule has 4 saturated heterocycles. The van der Waals surface area contributed by atoms with Gasteiger partial charge < -0.3 is 20.1 Å². The van der Waals surface area contributed by atoms with Crippen LogP contribution in [0, 0.1) is 5.92 Å². The minimum atomic E-state index is 0.312. The Balaban J connectivity index is 1.42. The maximum atomic E-state index is 5.96. The molecule has 7 rings (SSSR count). The number of hydrogen-bond donors (Lipinski definition) is 1. The lowest BCUT2D eigenvalue weighted by atomic mass is 9.75. The van der Waals surface area contributed by atoms with Gasteiger partial charge in [-0.3, -0.25) is 4.90 Å². The van der Waals surface area contributed by atoms with Crippen molar-refractivity contribution < 1.29 is 9.47 Å². The van der Waals surface area contributed by atoms with Crippen LogP contribution in [0.25, 0.3) is 0 Å². The fraction of sp³-hybridized carbons (Fsp3) is 0.500. The van der Waals surface area contributed by atoms with E-state index < -0.39 is 0 Å². The molecule has 140 valence electrons. The standard InChI is InChI=1S/C20H23N5O2/c21-17-3-6-22-20(23-17)25-10-14(13-1-2-15-16(9-13)27-11-26-15)19-18(25)12-4-7-24(19)8-5-12/h1-3,6,9,12,14,18-19H,4-5,7-8,10-11H2,(H2,21,22,23)/t14-,18+,19+/m1/s1. The average molecular weight is 365 g/mol. The molecule has 1 aromatic carbocycles. The summed E-state index contributed by atoms with van der Waals surface area (Å²) < 4.78 is 11.1. The van der Waals surface area contributed by atoms with Crippen molar-refractivity contribution in [2.75, 3.05) is 37.1 Å². The summed E-state index contributed by atoms with van der Waals surface area (Å²) in [4.78, 5) is 14.2. The normalized spacial score (nSPS) is 33.3. The second-order valence-electron chi connectivity index (χ2n) is 8.01. The minimum Gasteiger partial charge on any atom is -0.454 e. The first kappa shape index (κ1) is 15.5. The molecule has 0 saturated carbocycles. The van der Waals surface area contributed by atoms with Crippen LogP contribution in [0.5, 0.6) is 11.5 Å². The predicted molar refractivity (Wildman–Crippen MR) is 101 cm³/mol. The maximum Gasteiger partial charge on any atom is 0.231 e. The fourth-order valence-corrected chi connectivity index (χ4v) is 5.59. The van der Waals surface area contributed by atoms with Crippen molar-refractivity contribution in [2.45, 2.75) is 30.8 Å². The second-order valence-corrected chi connectivity index (χ2v) is 8.01. The molecule has 0 radical (unpaired) electrons. The molecule has 1 aromatic heterocycles. The van der Waals surface area contributed by atoms with Crippen LogP contribution in [-0.2, 0) is 0 Å². The molecule has 2 N–H and O–H groups in total. The highest BCUT2D eigenvalue weighted by Crippen LogP contribution is 2.48. The summed E-state index contributed by atoms with van der Waals surface area (Å²) in [5.74, 6) is 4.10. The van der Waals surface area contributed by atoms with Gasteiger partial charge >= 0.3 is 0 Å². The third-order valence-electron chi connectivity index (χ3n) is 6.74. The Bertz CT molecular complexity index is 882. The SMILES string of the molecule is Nc1ccnc(N2C[C@H](c3ccc4c(c3)OCO4)[C@H]3[C@@H]2C2CCN3CC2)n1. The molecule has 0 amide bonds. The number of fused-ring (bicyclic) bond motifs is 3. The summed E-state index contributed by atoms with van der Waals surface area (Å²) >= 11 is 0. The van der Waals surface area contributed by atoms with Gasteiger partial charge in [-0.1, -0.05) is 6.07 Å². The molecular weight excluding hydrogens is 342 g/mol. The Morgan fingerprint density at radius 3 is 2.74 bits per heavy atom. The molecule has 7 nitrogen and oxygen atoms in total. The summed E-state index contributed by atoms with van der Waals surface area (Å²) in [6.45, 7) is 3.61. The molecule has 0 aliphatic carbocycles. The van der Waals surface area contributed by atoms with Crippen molar-refractivity contribution in [1.82, 2.24) is 14.9 Å². The van der Waals surface area contributed by atoms with Crippen molar-refractivity contribution in [3.63, 3.8) is 0 Å². The molecule has 4 fully saturated rings. The van der Waals surface area contributed by atoms with Crippen LogP contribution < -0.4 is 20.1 Å². The number of rotatable bonds is 2. The highest BCUT2D eigenvalue weighted by Gasteiger charge is 2.54. The molecule has 0 unspecified atom stereocenters. The van der Waals surface area contributed by atoms with Crippen molar-refractivity contribution >= 4 is 11.8 Å². The summed E-state index contributed by atoms with van der Waals surface area (Å²) in [5, 5.41) is 0. The van der Waals surface area contributed by atoms with Crippen LogP contribution in [0.1, 0.15) is 24.3 Å². The van der Waals surface area contributed by atoms with Gasteiger partial charge in [-0.05, 0) is 55.6 Å². The number of benzene rings is 1. The van der Waals surface area contributed by atoms with E-state index in [-0.39, 0.29) is 0 Å². The lowest BCUT2D eigenvalue weighted by Gasteiger charge is -2.51. The summed E-state index contributed by atoms with van der Waals surface area (Å²) in [5.41, 5.74) is 7.27. The van der Waals surface area contributed by atoms with Gasteiger partial charge in [-0.2, -0.15) is 4.98 Å². The van der Waals surface area contributed by atoms with Crippen molar-refractivity contribution in [1.29, 1.82) is 0 Å². The molecule has 7 heteroatoms. The molecule has 5 aliphatic heterocycles. The van der Waals surface area contributed by atoms with Crippen molar-refractivity contribution in [3.8, 4) is 11.5 Å². The van der Waals surface area contributed by atoms with Gasteiger partial charge in [0.15, 0.2) is 11.5 Å². The Morgan fingerprint density at radius 1 is 1.04 bits per heavy atom. The minimum absolute atomic E-state index is 0.312. The van der Waals surface area contributed by atoms with Gasteiger partial charge in [-0.25, -0.2) is 4.98 Å². The van der Waals surface area contributed by atoms with E-state index >= 15 is 0 Å². The van der Waals surface area contributed by atoms with Crippen LogP contribution in [0.3, 0.4) is 0 Å². The largest absolute Gasteiger partial charge is 0.454 e. The number of ether oxygens (including phenoxy) is 2. The summed E-state index contributed by atoms with van der Waals surface area (Å²) in [6, 6.07) is 9.10. The van der Waals surface area contributed by atoms with E-state index in [1.807, 2.05) is 6.07 Å². The van der Waals surface area contributed by atoms with Crippen molar-refractivity contribution in [3.05, 3.63) is 36.0 Å². The monoisotopic (exact) mass is 365 g/mol. The smallest absolute Gasteiger partial charge is 0.231 e. The topological polar surface area (TPSA) is 76.7 Å².